The topological polar surface area (TPSA) is 58.9 Å². The molecule has 86 valence electrons. The summed E-state index contributed by atoms with van der Waals surface area (Å²) in [6, 6.07) is 3.37. The van der Waals surface area contributed by atoms with Crippen molar-refractivity contribution in [2.24, 2.45) is 0 Å². The lowest BCUT2D eigenvalue weighted by Crippen LogP contribution is -1.96. The average molecular weight is 222 g/mol. The van der Waals surface area contributed by atoms with Crippen LogP contribution in [-0.4, -0.2) is 31.0 Å². The molecule has 0 aliphatic heterocycles. The molecule has 0 aromatic heterocycles. The highest BCUT2D eigenvalue weighted by molar-refractivity contribution is 5.57. The first kappa shape index (κ1) is 12.4. The summed E-state index contributed by atoms with van der Waals surface area (Å²) in [5.41, 5.74) is 1.25. The molecule has 0 unspecified atom stereocenters. The lowest BCUT2D eigenvalue weighted by molar-refractivity contribution is 0.280. The zero-order chi connectivity index (χ0) is 12.0. The predicted octanol–water partition coefficient (Wildman–Crippen LogP) is 0.540. The molecule has 0 atom stereocenters. The third-order valence-electron chi connectivity index (χ3n) is 2.04. The van der Waals surface area contributed by atoms with Crippen molar-refractivity contribution in [3.8, 4) is 23.3 Å². The Hall–Kier alpha value is -1.70. The van der Waals surface area contributed by atoms with E-state index < -0.39 is 0 Å². The summed E-state index contributed by atoms with van der Waals surface area (Å²) >= 11 is 0. The van der Waals surface area contributed by atoms with Gasteiger partial charge in [-0.2, -0.15) is 0 Å². The van der Waals surface area contributed by atoms with Crippen LogP contribution < -0.4 is 9.47 Å². The highest BCUT2D eigenvalue weighted by atomic mass is 16.5. The number of rotatable bonds is 3. The number of aliphatic hydroxyl groups excluding tert-OH is 2. The van der Waals surface area contributed by atoms with Gasteiger partial charge in [-0.1, -0.05) is 11.8 Å². The fourth-order valence-corrected chi connectivity index (χ4v) is 1.31. The van der Waals surface area contributed by atoms with Crippen LogP contribution >= 0.6 is 0 Å². The predicted molar refractivity (Wildman–Crippen MR) is 59.4 cm³/mol. The van der Waals surface area contributed by atoms with Crippen LogP contribution in [0.5, 0.6) is 11.5 Å². The number of hydrogen-bond donors (Lipinski definition) is 2. The van der Waals surface area contributed by atoms with Crippen molar-refractivity contribution < 1.29 is 19.7 Å². The highest BCUT2D eigenvalue weighted by Gasteiger charge is 2.10. The maximum absolute atomic E-state index is 9.06. The molecular weight excluding hydrogens is 208 g/mol. The molecule has 0 radical (unpaired) electrons. The number of hydrogen-bond acceptors (Lipinski definition) is 4. The molecule has 0 saturated heterocycles. The molecule has 1 aromatic carbocycles. The molecule has 0 bridgehead atoms. The van der Waals surface area contributed by atoms with E-state index in [-0.39, 0.29) is 13.2 Å². The molecule has 1 rings (SSSR count). The first-order valence-corrected chi connectivity index (χ1v) is 4.72. The fourth-order valence-electron chi connectivity index (χ4n) is 1.31. The van der Waals surface area contributed by atoms with E-state index in [1.54, 1.807) is 12.1 Å². The van der Waals surface area contributed by atoms with Gasteiger partial charge >= 0.3 is 0 Å². The van der Waals surface area contributed by atoms with Crippen LogP contribution in [0.25, 0.3) is 0 Å². The minimum Gasteiger partial charge on any atom is -0.495 e. The standard InChI is InChI=1S/C12H14O4/c1-15-11-6-9(8-14)7-12(16-2)10(11)4-3-5-13/h6-7,13-14H,5,8H2,1-2H3. The largest absolute Gasteiger partial charge is 0.495 e. The van der Waals surface area contributed by atoms with Crippen molar-refractivity contribution in [1.82, 2.24) is 0 Å². The van der Waals surface area contributed by atoms with Crippen molar-refractivity contribution in [1.29, 1.82) is 0 Å². The van der Waals surface area contributed by atoms with Gasteiger partial charge in [-0.3, -0.25) is 0 Å². The number of ether oxygens (including phenoxy) is 2. The second-order valence-corrected chi connectivity index (χ2v) is 2.99. The van der Waals surface area contributed by atoms with Crippen molar-refractivity contribution in [2.45, 2.75) is 6.61 Å². The third kappa shape index (κ3) is 2.66. The lowest BCUT2D eigenvalue weighted by Gasteiger charge is -2.10. The fraction of sp³-hybridized carbons (Fsp3) is 0.333. The molecule has 2 N–H and O–H groups in total. The molecule has 0 amide bonds. The zero-order valence-electron chi connectivity index (χ0n) is 9.28. The SMILES string of the molecule is COc1cc(CO)cc(OC)c1C#CCO. The summed E-state index contributed by atoms with van der Waals surface area (Å²) < 4.78 is 10.3. The third-order valence-corrected chi connectivity index (χ3v) is 2.04. The molecule has 16 heavy (non-hydrogen) atoms. The Morgan fingerprint density at radius 1 is 1.12 bits per heavy atom. The maximum atomic E-state index is 9.06. The molecular formula is C12H14O4. The Morgan fingerprint density at radius 2 is 1.69 bits per heavy atom. The first-order chi connectivity index (χ1) is 7.76. The van der Waals surface area contributed by atoms with E-state index in [4.69, 9.17) is 19.7 Å². The van der Waals surface area contributed by atoms with Gasteiger partial charge in [-0.15, -0.1) is 0 Å². The van der Waals surface area contributed by atoms with E-state index in [0.717, 1.165) is 0 Å². The van der Waals surface area contributed by atoms with Crippen LogP contribution in [0, 0.1) is 11.8 Å². The molecule has 0 saturated carbocycles. The normalized spacial score (nSPS) is 9.25. The van der Waals surface area contributed by atoms with E-state index in [9.17, 15) is 0 Å². The smallest absolute Gasteiger partial charge is 0.138 e. The van der Waals surface area contributed by atoms with Gasteiger partial charge in [0.05, 0.1) is 20.8 Å². The molecule has 1 aromatic rings. The van der Waals surface area contributed by atoms with Crippen molar-refractivity contribution in [3.05, 3.63) is 23.3 Å². The van der Waals surface area contributed by atoms with Gasteiger partial charge in [0.2, 0.25) is 0 Å². The van der Waals surface area contributed by atoms with E-state index in [2.05, 4.69) is 11.8 Å². The molecule has 0 aliphatic carbocycles. The van der Waals surface area contributed by atoms with Crippen molar-refractivity contribution >= 4 is 0 Å². The monoisotopic (exact) mass is 222 g/mol. The summed E-state index contributed by atoms with van der Waals surface area (Å²) in [4.78, 5) is 0. The average Bonchev–Trinajstić information content (AvgIpc) is 2.35. The Morgan fingerprint density at radius 3 is 2.06 bits per heavy atom. The number of benzene rings is 1. The van der Waals surface area contributed by atoms with Crippen molar-refractivity contribution in [2.75, 3.05) is 20.8 Å². The first-order valence-electron chi connectivity index (χ1n) is 4.72. The summed E-state index contributed by atoms with van der Waals surface area (Å²) in [5.74, 6) is 6.32. The maximum Gasteiger partial charge on any atom is 0.138 e. The van der Waals surface area contributed by atoms with E-state index in [1.807, 2.05) is 0 Å². The van der Waals surface area contributed by atoms with Crippen LogP contribution in [0.3, 0.4) is 0 Å². The molecule has 4 nitrogen and oxygen atoms in total. The quantitative estimate of drug-likeness (QED) is 0.733. The summed E-state index contributed by atoms with van der Waals surface area (Å²) in [6.45, 7) is -0.325. The van der Waals surface area contributed by atoms with E-state index in [0.29, 0.717) is 22.6 Å². The zero-order valence-corrected chi connectivity index (χ0v) is 9.28. The van der Waals surface area contributed by atoms with Gasteiger partial charge in [0.25, 0.3) is 0 Å². The van der Waals surface area contributed by atoms with Gasteiger partial charge in [0, 0.05) is 0 Å². The molecule has 0 aliphatic rings. The molecule has 0 fully saturated rings. The second-order valence-electron chi connectivity index (χ2n) is 2.99. The minimum atomic E-state index is -0.228. The minimum absolute atomic E-state index is 0.0968. The van der Waals surface area contributed by atoms with Gasteiger partial charge in [0.1, 0.15) is 23.7 Å². The summed E-state index contributed by atoms with van der Waals surface area (Å²) in [5, 5.41) is 17.7. The van der Waals surface area contributed by atoms with Gasteiger partial charge in [-0.25, -0.2) is 0 Å². The Bertz CT molecular complexity index is 390. The van der Waals surface area contributed by atoms with Crippen molar-refractivity contribution in [3.63, 3.8) is 0 Å². The Balaban J connectivity index is 3.31. The van der Waals surface area contributed by atoms with E-state index >= 15 is 0 Å². The Labute approximate surface area is 94.4 Å². The number of methoxy groups -OCH3 is 2. The van der Waals surface area contributed by atoms with Crippen LogP contribution in [0.15, 0.2) is 12.1 Å². The summed E-state index contributed by atoms with van der Waals surface area (Å²) in [6.07, 6.45) is 0. The second kappa shape index (κ2) is 6.01. The van der Waals surface area contributed by atoms with Crippen LogP contribution in [0.4, 0.5) is 0 Å². The molecule has 0 heterocycles. The molecule has 0 spiro atoms. The van der Waals surface area contributed by atoms with Crippen LogP contribution in [-0.2, 0) is 6.61 Å². The van der Waals surface area contributed by atoms with Gasteiger partial charge in [-0.05, 0) is 17.7 Å². The number of aliphatic hydroxyl groups is 2. The highest BCUT2D eigenvalue weighted by Crippen LogP contribution is 2.29. The van der Waals surface area contributed by atoms with Gasteiger partial charge < -0.3 is 19.7 Å². The van der Waals surface area contributed by atoms with Crippen LogP contribution in [0.1, 0.15) is 11.1 Å². The Kier molecular flexibility index (Phi) is 4.65. The summed E-state index contributed by atoms with van der Waals surface area (Å²) in [7, 11) is 3.03. The van der Waals surface area contributed by atoms with E-state index in [1.165, 1.54) is 14.2 Å². The molecule has 4 heteroatoms. The van der Waals surface area contributed by atoms with Crippen LogP contribution in [0.2, 0.25) is 0 Å². The lowest BCUT2D eigenvalue weighted by atomic mass is 10.1. The van der Waals surface area contributed by atoms with Gasteiger partial charge in [0.15, 0.2) is 0 Å².